The van der Waals surface area contributed by atoms with Crippen molar-refractivity contribution in [1.82, 2.24) is 14.9 Å². The summed E-state index contributed by atoms with van der Waals surface area (Å²) in [7, 11) is 1.55. The van der Waals surface area contributed by atoms with Crippen molar-refractivity contribution >= 4 is 5.91 Å². The van der Waals surface area contributed by atoms with Crippen molar-refractivity contribution in [1.29, 1.82) is 0 Å². The van der Waals surface area contributed by atoms with E-state index in [-0.39, 0.29) is 31.6 Å². The van der Waals surface area contributed by atoms with E-state index in [1.807, 2.05) is 34.6 Å². The minimum Gasteiger partial charge on any atom is -0.376 e. The average Bonchev–Trinajstić information content (AvgIpc) is 2.98. The summed E-state index contributed by atoms with van der Waals surface area (Å²) in [6.45, 7) is 11.5. The largest absolute Gasteiger partial charge is 0.376 e. The standard InChI is InChI=1S/C21H35N3O7/c1-12(2)29-11-14-16(31-21(4,5)6)17(28-9-8-15(25)22-7)19(30-14)24-10-13(3)18(26)23-20(24)27/h10,12,14,16-17,19H,8-9,11H2,1-7H3,(H,22,25)(H,23,26,27)/t14-,16?,17?,19-/m1/s1. The van der Waals surface area contributed by atoms with Crippen LogP contribution in [0, 0.1) is 6.92 Å². The van der Waals surface area contributed by atoms with E-state index in [0.717, 1.165) is 0 Å². The maximum atomic E-state index is 12.6. The highest BCUT2D eigenvalue weighted by atomic mass is 16.6. The van der Waals surface area contributed by atoms with Crippen molar-refractivity contribution in [3.8, 4) is 0 Å². The molecule has 31 heavy (non-hydrogen) atoms. The zero-order chi connectivity index (χ0) is 23.3. The first-order chi connectivity index (χ1) is 14.4. The molecule has 0 spiro atoms. The summed E-state index contributed by atoms with van der Waals surface area (Å²) in [6.07, 6.45) is -1.07. The number of carbonyl (C=O) groups is 1. The number of hydrogen-bond donors (Lipinski definition) is 2. The van der Waals surface area contributed by atoms with Crippen molar-refractivity contribution in [3.05, 3.63) is 32.6 Å². The van der Waals surface area contributed by atoms with E-state index in [4.69, 9.17) is 18.9 Å². The van der Waals surface area contributed by atoms with E-state index in [9.17, 15) is 14.4 Å². The molecule has 1 saturated heterocycles. The summed E-state index contributed by atoms with van der Waals surface area (Å²) in [6, 6.07) is 0. The van der Waals surface area contributed by atoms with E-state index in [1.165, 1.54) is 10.8 Å². The van der Waals surface area contributed by atoms with Crippen LogP contribution in [0.4, 0.5) is 0 Å². The number of hydrogen-bond acceptors (Lipinski definition) is 7. The number of aromatic nitrogens is 2. The molecule has 10 heteroatoms. The van der Waals surface area contributed by atoms with Gasteiger partial charge in [0, 0.05) is 25.2 Å². The molecule has 1 amide bonds. The molecular weight excluding hydrogens is 406 g/mol. The third-order valence-electron chi connectivity index (χ3n) is 4.71. The highest BCUT2D eigenvalue weighted by Gasteiger charge is 2.49. The zero-order valence-corrected chi connectivity index (χ0v) is 19.4. The number of aromatic amines is 1. The van der Waals surface area contributed by atoms with Gasteiger partial charge in [0.25, 0.3) is 5.56 Å². The summed E-state index contributed by atoms with van der Waals surface area (Å²) >= 11 is 0. The Bertz CT molecular complexity index is 856. The second-order valence-electron chi connectivity index (χ2n) is 8.88. The normalized spacial score (nSPS) is 24.0. The highest BCUT2D eigenvalue weighted by molar-refractivity contribution is 5.75. The van der Waals surface area contributed by atoms with Gasteiger partial charge in [-0.25, -0.2) is 4.79 Å². The Morgan fingerprint density at radius 1 is 1.29 bits per heavy atom. The van der Waals surface area contributed by atoms with Crippen LogP contribution in [0.3, 0.4) is 0 Å². The Kier molecular flexibility index (Phi) is 8.58. The molecular formula is C21H35N3O7. The number of amides is 1. The average molecular weight is 442 g/mol. The minimum absolute atomic E-state index is 0.0244. The Labute approximate surface area is 182 Å². The molecule has 1 aromatic rings. The molecule has 1 aromatic heterocycles. The van der Waals surface area contributed by atoms with Gasteiger partial charge in [0.2, 0.25) is 5.91 Å². The van der Waals surface area contributed by atoms with Gasteiger partial charge in [-0.3, -0.25) is 19.1 Å². The molecule has 0 radical (unpaired) electrons. The molecule has 10 nitrogen and oxygen atoms in total. The summed E-state index contributed by atoms with van der Waals surface area (Å²) in [4.78, 5) is 38.3. The fraction of sp³-hybridized carbons (Fsp3) is 0.762. The molecule has 1 fully saturated rings. The van der Waals surface area contributed by atoms with E-state index < -0.39 is 41.4 Å². The number of carbonyl (C=O) groups excluding carboxylic acids is 1. The molecule has 0 saturated carbocycles. The van der Waals surface area contributed by atoms with E-state index >= 15 is 0 Å². The van der Waals surface area contributed by atoms with Gasteiger partial charge in [0.15, 0.2) is 6.23 Å². The first-order valence-electron chi connectivity index (χ1n) is 10.5. The van der Waals surface area contributed by atoms with Gasteiger partial charge in [0.1, 0.15) is 18.3 Å². The lowest BCUT2D eigenvalue weighted by atomic mass is 10.1. The van der Waals surface area contributed by atoms with Crippen LogP contribution in [0.25, 0.3) is 0 Å². The number of nitrogens with zero attached hydrogens (tertiary/aromatic N) is 1. The SMILES string of the molecule is CNC(=O)CCOC1C(OC(C)(C)C)[C@@H](COC(C)C)O[C@H]1n1cc(C)c(=O)[nH]c1=O. The fourth-order valence-electron chi connectivity index (χ4n) is 3.27. The van der Waals surface area contributed by atoms with Gasteiger partial charge >= 0.3 is 5.69 Å². The van der Waals surface area contributed by atoms with Crippen molar-refractivity contribution in [2.45, 2.75) is 84.2 Å². The van der Waals surface area contributed by atoms with Crippen LogP contribution in [0.1, 0.15) is 52.8 Å². The summed E-state index contributed by atoms with van der Waals surface area (Å²) in [5, 5.41) is 2.55. The molecule has 1 aliphatic rings. The lowest BCUT2D eigenvalue weighted by Crippen LogP contribution is -2.44. The van der Waals surface area contributed by atoms with E-state index in [0.29, 0.717) is 5.56 Å². The van der Waals surface area contributed by atoms with Crippen LogP contribution in [-0.4, -0.2) is 65.7 Å². The predicted octanol–water partition coefficient (Wildman–Crippen LogP) is 0.872. The van der Waals surface area contributed by atoms with Crippen molar-refractivity contribution in [3.63, 3.8) is 0 Å². The molecule has 4 atom stereocenters. The smallest absolute Gasteiger partial charge is 0.330 e. The van der Waals surface area contributed by atoms with Gasteiger partial charge in [-0.2, -0.15) is 0 Å². The highest BCUT2D eigenvalue weighted by Crippen LogP contribution is 2.35. The molecule has 2 N–H and O–H groups in total. The molecule has 0 aromatic carbocycles. The molecule has 0 bridgehead atoms. The maximum absolute atomic E-state index is 12.6. The van der Waals surface area contributed by atoms with Crippen molar-refractivity contribution < 1.29 is 23.7 Å². The van der Waals surface area contributed by atoms with Gasteiger partial charge in [0.05, 0.1) is 24.9 Å². The number of rotatable bonds is 9. The number of nitrogens with one attached hydrogen (secondary N) is 2. The van der Waals surface area contributed by atoms with Crippen LogP contribution in [0.15, 0.2) is 15.8 Å². The van der Waals surface area contributed by atoms with Gasteiger partial charge in [-0.15, -0.1) is 0 Å². The number of H-pyrrole nitrogens is 1. The van der Waals surface area contributed by atoms with Crippen molar-refractivity contribution in [2.24, 2.45) is 0 Å². The lowest BCUT2D eigenvalue weighted by Gasteiger charge is -2.31. The van der Waals surface area contributed by atoms with Crippen LogP contribution >= 0.6 is 0 Å². The summed E-state index contributed by atoms with van der Waals surface area (Å²) in [5.74, 6) is -0.166. The second kappa shape index (κ2) is 10.5. The Balaban J connectivity index is 2.41. The van der Waals surface area contributed by atoms with Crippen LogP contribution in [0.5, 0.6) is 0 Å². The first-order valence-corrected chi connectivity index (χ1v) is 10.5. The molecule has 176 valence electrons. The van der Waals surface area contributed by atoms with E-state index in [1.54, 1.807) is 14.0 Å². The predicted molar refractivity (Wildman–Crippen MR) is 114 cm³/mol. The molecule has 2 heterocycles. The number of ether oxygens (including phenoxy) is 4. The Morgan fingerprint density at radius 2 is 1.97 bits per heavy atom. The van der Waals surface area contributed by atoms with Crippen molar-refractivity contribution in [2.75, 3.05) is 20.3 Å². The first kappa shape index (κ1) is 25.3. The molecule has 1 aliphatic heterocycles. The molecule has 2 unspecified atom stereocenters. The summed E-state index contributed by atoms with van der Waals surface area (Å²) in [5.41, 5.74) is -1.23. The topological polar surface area (TPSA) is 121 Å². The third-order valence-corrected chi connectivity index (χ3v) is 4.71. The number of aryl methyl sites for hydroxylation is 1. The van der Waals surface area contributed by atoms with Gasteiger partial charge in [-0.05, 0) is 41.5 Å². The maximum Gasteiger partial charge on any atom is 0.330 e. The summed E-state index contributed by atoms with van der Waals surface area (Å²) < 4.78 is 25.6. The third kappa shape index (κ3) is 6.99. The Hall–Kier alpha value is -2.01. The monoisotopic (exact) mass is 441 g/mol. The molecule has 0 aliphatic carbocycles. The lowest BCUT2D eigenvalue weighted by molar-refractivity contribution is -0.140. The molecule has 2 rings (SSSR count). The van der Waals surface area contributed by atoms with Crippen LogP contribution < -0.4 is 16.6 Å². The zero-order valence-electron chi connectivity index (χ0n) is 19.4. The Morgan fingerprint density at radius 3 is 2.55 bits per heavy atom. The van der Waals surface area contributed by atoms with E-state index in [2.05, 4.69) is 10.3 Å². The fourth-order valence-corrected chi connectivity index (χ4v) is 3.27. The minimum atomic E-state index is -0.860. The quantitative estimate of drug-likeness (QED) is 0.583. The van der Waals surface area contributed by atoms with Gasteiger partial charge < -0.3 is 24.3 Å². The van der Waals surface area contributed by atoms with Gasteiger partial charge in [-0.1, -0.05) is 0 Å². The van der Waals surface area contributed by atoms with Crippen LogP contribution in [-0.2, 0) is 23.7 Å². The van der Waals surface area contributed by atoms with Crippen LogP contribution in [0.2, 0.25) is 0 Å². The second-order valence-corrected chi connectivity index (χ2v) is 8.88.